The standard InChI is InChI=1S/C17H17N3O3/c1-3-19-14-5-4-10-18-15(14)16(21)20(17(19)22)11-12-6-8-13(23-2)9-7-12/h4-10H,3,11H2,1-2H3. The van der Waals surface area contributed by atoms with E-state index < -0.39 is 0 Å². The molecule has 0 saturated carbocycles. The number of aromatic nitrogens is 3. The summed E-state index contributed by atoms with van der Waals surface area (Å²) in [5.74, 6) is 0.729. The molecule has 6 heteroatoms. The van der Waals surface area contributed by atoms with Gasteiger partial charge >= 0.3 is 5.69 Å². The highest BCUT2D eigenvalue weighted by Gasteiger charge is 2.13. The van der Waals surface area contributed by atoms with Crippen LogP contribution in [-0.2, 0) is 13.1 Å². The molecule has 6 nitrogen and oxygen atoms in total. The molecule has 3 aromatic rings. The van der Waals surface area contributed by atoms with Gasteiger partial charge in [0, 0.05) is 12.7 Å². The first-order valence-corrected chi connectivity index (χ1v) is 7.37. The van der Waals surface area contributed by atoms with Crippen LogP contribution in [0.4, 0.5) is 0 Å². The fraction of sp³-hybridized carbons (Fsp3) is 0.235. The first-order chi connectivity index (χ1) is 11.2. The Balaban J connectivity index is 2.17. The van der Waals surface area contributed by atoms with Crippen molar-refractivity contribution in [1.29, 1.82) is 0 Å². The summed E-state index contributed by atoms with van der Waals surface area (Å²) >= 11 is 0. The predicted octanol–water partition coefficient (Wildman–Crippen LogP) is 1.64. The maximum absolute atomic E-state index is 12.6. The molecular weight excluding hydrogens is 294 g/mol. The first kappa shape index (κ1) is 15.0. The molecular formula is C17H17N3O3. The van der Waals surface area contributed by atoms with E-state index in [9.17, 15) is 9.59 Å². The van der Waals surface area contributed by atoms with Gasteiger partial charge in [-0.2, -0.15) is 0 Å². The van der Waals surface area contributed by atoms with Crippen molar-refractivity contribution in [2.45, 2.75) is 20.0 Å². The molecule has 0 radical (unpaired) electrons. The fourth-order valence-corrected chi connectivity index (χ4v) is 2.60. The van der Waals surface area contributed by atoms with Crippen LogP contribution in [-0.4, -0.2) is 21.2 Å². The van der Waals surface area contributed by atoms with Gasteiger partial charge in [-0.25, -0.2) is 9.78 Å². The summed E-state index contributed by atoms with van der Waals surface area (Å²) in [5.41, 5.74) is 1.03. The van der Waals surface area contributed by atoms with Gasteiger partial charge in [0.2, 0.25) is 0 Å². The predicted molar refractivity (Wildman–Crippen MR) is 88.0 cm³/mol. The molecule has 0 aliphatic carbocycles. The molecule has 0 N–H and O–H groups in total. The van der Waals surface area contributed by atoms with Gasteiger partial charge in [-0.1, -0.05) is 12.1 Å². The van der Waals surface area contributed by atoms with Gasteiger partial charge < -0.3 is 4.74 Å². The van der Waals surface area contributed by atoms with Crippen molar-refractivity contribution in [2.75, 3.05) is 7.11 Å². The second kappa shape index (κ2) is 6.08. The van der Waals surface area contributed by atoms with Gasteiger partial charge in [0.25, 0.3) is 5.56 Å². The van der Waals surface area contributed by atoms with Crippen molar-refractivity contribution in [2.24, 2.45) is 0 Å². The van der Waals surface area contributed by atoms with Gasteiger partial charge in [-0.15, -0.1) is 0 Å². The molecule has 0 bridgehead atoms. The number of methoxy groups -OCH3 is 1. The van der Waals surface area contributed by atoms with Crippen LogP contribution < -0.4 is 16.0 Å². The number of hydrogen-bond donors (Lipinski definition) is 0. The van der Waals surface area contributed by atoms with Crippen LogP contribution in [0.3, 0.4) is 0 Å². The Morgan fingerprint density at radius 2 is 1.83 bits per heavy atom. The molecule has 1 aromatic carbocycles. The average molecular weight is 311 g/mol. The van der Waals surface area contributed by atoms with Gasteiger partial charge in [0.1, 0.15) is 5.75 Å². The summed E-state index contributed by atoms with van der Waals surface area (Å²) in [6.45, 7) is 2.55. The van der Waals surface area contributed by atoms with Crippen molar-refractivity contribution in [3.05, 3.63) is 69.0 Å². The molecule has 0 spiro atoms. The number of benzene rings is 1. The molecule has 0 aliphatic heterocycles. The molecule has 0 fully saturated rings. The number of rotatable bonds is 4. The number of fused-ring (bicyclic) bond motifs is 1. The number of hydrogen-bond acceptors (Lipinski definition) is 4. The average Bonchev–Trinajstić information content (AvgIpc) is 2.60. The second-order valence-electron chi connectivity index (χ2n) is 5.14. The molecule has 118 valence electrons. The van der Waals surface area contributed by atoms with Crippen LogP contribution in [0.2, 0.25) is 0 Å². The van der Waals surface area contributed by atoms with Gasteiger partial charge in [0.15, 0.2) is 5.52 Å². The molecule has 0 amide bonds. The van der Waals surface area contributed by atoms with E-state index >= 15 is 0 Å². The lowest BCUT2D eigenvalue weighted by Gasteiger charge is -2.12. The van der Waals surface area contributed by atoms with Crippen molar-refractivity contribution < 1.29 is 4.74 Å². The smallest absolute Gasteiger partial charge is 0.331 e. The van der Waals surface area contributed by atoms with E-state index in [4.69, 9.17) is 4.74 Å². The summed E-state index contributed by atoms with van der Waals surface area (Å²) in [6.07, 6.45) is 1.56. The van der Waals surface area contributed by atoms with Crippen LogP contribution >= 0.6 is 0 Å². The molecule has 3 rings (SSSR count). The minimum absolute atomic E-state index is 0.203. The quantitative estimate of drug-likeness (QED) is 0.734. The van der Waals surface area contributed by atoms with Crippen molar-refractivity contribution in [1.82, 2.24) is 14.1 Å². The third-order valence-electron chi connectivity index (χ3n) is 3.80. The van der Waals surface area contributed by atoms with Gasteiger partial charge in [-0.05, 0) is 36.8 Å². The number of aryl methyl sites for hydroxylation is 1. The monoisotopic (exact) mass is 311 g/mol. The van der Waals surface area contributed by atoms with Crippen LogP contribution in [0.5, 0.6) is 5.75 Å². The zero-order chi connectivity index (χ0) is 16.4. The Morgan fingerprint density at radius 1 is 1.09 bits per heavy atom. The van der Waals surface area contributed by atoms with Crippen molar-refractivity contribution in [3.63, 3.8) is 0 Å². The summed E-state index contributed by atoms with van der Waals surface area (Å²) in [4.78, 5) is 29.4. The Labute approximate surface area is 132 Å². The number of ether oxygens (including phenoxy) is 1. The minimum atomic E-state index is -0.369. The summed E-state index contributed by atoms with van der Waals surface area (Å²) in [7, 11) is 1.59. The van der Waals surface area contributed by atoms with E-state index in [2.05, 4.69) is 4.98 Å². The fourth-order valence-electron chi connectivity index (χ4n) is 2.60. The molecule has 2 aromatic heterocycles. The van der Waals surface area contributed by atoms with Crippen molar-refractivity contribution in [3.8, 4) is 5.75 Å². The zero-order valence-electron chi connectivity index (χ0n) is 13.0. The summed E-state index contributed by atoms with van der Waals surface area (Å²) < 4.78 is 7.90. The Bertz CT molecular complexity index is 955. The lowest BCUT2D eigenvalue weighted by molar-refractivity contribution is 0.414. The van der Waals surface area contributed by atoms with E-state index in [1.54, 1.807) is 42.1 Å². The lowest BCUT2D eigenvalue weighted by Crippen LogP contribution is -2.40. The van der Waals surface area contributed by atoms with E-state index in [-0.39, 0.29) is 17.8 Å². The minimum Gasteiger partial charge on any atom is -0.497 e. The number of nitrogens with zero attached hydrogens (tertiary/aromatic N) is 3. The molecule has 0 atom stereocenters. The topological polar surface area (TPSA) is 66.1 Å². The van der Waals surface area contributed by atoms with Crippen molar-refractivity contribution >= 4 is 11.0 Å². The summed E-state index contributed by atoms with van der Waals surface area (Å²) in [6, 6.07) is 10.7. The lowest BCUT2D eigenvalue weighted by atomic mass is 10.2. The molecule has 2 heterocycles. The molecule has 23 heavy (non-hydrogen) atoms. The normalized spacial score (nSPS) is 10.9. The van der Waals surface area contributed by atoms with Gasteiger partial charge in [0.05, 0.1) is 19.2 Å². The van der Waals surface area contributed by atoms with Crippen LogP contribution in [0.1, 0.15) is 12.5 Å². The Hall–Kier alpha value is -2.89. The highest BCUT2D eigenvalue weighted by Crippen LogP contribution is 2.12. The molecule has 0 aliphatic rings. The second-order valence-corrected chi connectivity index (χ2v) is 5.14. The zero-order valence-corrected chi connectivity index (χ0v) is 13.0. The SMILES string of the molecule is CCn1c(=O)n(Cc2ccc(OC)cc2)c(=O)c2ncccc21. The van der Waals surface area contributed by atoms with E-state index in [1.807, 2.05) is 19.1 Å². The number of pyridine rings is 1. The first-order valence-electron chi connectivity index (χ1n) is 7.37. The Morgan fingerprint density at radius 3 is 2.48 bits per heavy atom. The van der Waals surface area contributed by atoms with Gasteiger partial charge in [-0.3, -0.25) is 13.9 Å². The van der Waals surface area contributed by atoms with E-state index in [1.165, 1.54) is 4.57 Å². The Kier molecular flexibility index (Phi) is 3.97. The van der Waals surface area contributed by atoms with Crippen LogP contribution in [0.15, 0.2) is 52.2 Å². The highest BCUT2D eigenvalue weighted by atomic mass is 16.5. The van der Waals surface area contributed by atoms with Crippen LogP contribution in [0, 0.1) is 0 Å². The molecule has 0 saturated heterocycles. The van der Waals surface area contributed by atoms with E-state index in [0.717, 1.165) is 11.3 Å². The summed E-state index contributed by atoms with van der Waals surface area (Å²) in [5, 5.41) is 0. The van der Waals surface area contributed by atoms with Crippen LogP contribution in [0.25, 0.3) is 11.0 Å². The van der Waals surface area contributed by atoms with E-state index in [0.29, 0.717) is 17.6 Å². The maximum atomic E-state index is 12.6. The molecule has 0 unspecified atom stereocenters. The largest absolute Gasteiger partial charge is 0.497 e. The third kappa shape index (κ3) is 2.63. The highest BCUT2D eigenvalue weighted by molar-refractivity contribution is 5.73. The third-order valence-corrected chi connectivity index (χ3v) is 3.80. The maximum Gasteiger partial charge on any atom is 0.331 e.